The van der Waals surface area contributed by atoms with Crippen molar-refractivity contribution in [1.29, 1.82) is 0 Å². The Kier molecular flexibility index (Phi) is 6.72. The number of carbonyl (C=O) groups is 2. The van der Waals surface area contributed by atoms with Crippen molar-refractivity contribution >= 4 is 46.5 Å². The van der Waals surface area contributed by atoms with E-state index in [-0.39, 0.29) is 23.8 Å². The van der Waals surface area contributed by atoms with E-state index in [1.807, 2.05) is 44.5 Å². The molecule has 26 heavy (non-hydrogen) atoms. The van der Waals surface area contributed by atoms with E-state index in [1.165, 1.54) is 22.0 Å². The molecule has 0 aliphatic heterocycles. The predicted octanol–water partition coefficient (Wildman–Crippen LogP) is 1.72. The number of carbonyl (C=O) groups excluding carboxylic acids is 2. The monoisotopic (exact) mass is 392 g/mol. The van der Waals surface area contributed by atoms with Gasteiger partial charge in [0.05, 0.1) is 4.53 Å². The molecule has 0 saturated heterocycles. The second-order valence-corrected chi connectivity index (χ2v) is 8.85. The molecule has 2 rings (SSSR count). The highest BCUT2D eigenvalue weighted by molar-refractivity contribution is 7.08. The molecule has 0 atom stereocenters. The van der Waals surface area contributed by atoms with Crippen LogP contribution in [0.3, 0.4) is 0 Å². The van der Waals surface area contributed by atoms with Crippen molar-refractivity contribution in [3.05, 3.63) is 41.9 Å². The lowest BCUT2D eigenvalue weighted by Crippen LogP contribution is -2.38. The zero-order valence-corrected chi connectivity index (χ0v) is 17.1. The van der Waals surface area contributed by atoms with Gasteiger partial charge >= 0.3 is 0 Å². The van der Waals surface area contributed by atoms with Crippen LogP contribution < -0.4 is 20.1 Å². The van der Waals surface area contributed by atoms with Crippen molar-refractivity contribution in [2.45, 2.75) is 40.7 Å². The second kappa shape index (κ2) is 8.60. The predicted molar refractivity (Wildman–Crippen MR) is 108 cm³/mol. The van der Waals surface area contributed by atoms with Crippen molar-refractivity contribution < 1.29 is 9.59 Å². The van der Waals surface area contributed by atoms with E-state index in [0.717, 1.165) is 12.0 Å². The van der Waals surface area contributed by atoms with Gasteiger partial charge in [0.1, 0.15) is 11.2 Å². The lowest BCUT2D eigenvalue weighted by molar-refractivity contribution is -0.122. The summed E-state index contributed by atoms with van der Waals surface area (Å²) in [6.07, 6.45) is 4.09. The highest BCUT2D eigenvalue weighted by Crippen LogP contribution is 2.14. The highest BCUT2D eigenvalue weighted by Gasteiger charge is 2.20. The Balaban J connectivity index is 2.54. The summed E-state index contributed by atoms with van der Waals surface area (Å²) in [6.45, 7) is 7.92. The summed E-state index contributed by atoms with van der Waals surface area (Å²) in [7, 11) is 0. The Morgan fingerprint density at radius 1 is 1.31 bits per heavy atom. The van der Waals surface area contributed by atoms with Crippen LogP contribution in [-0.2, 0) is 16.1 Å². The number of nitrogens with zero attached hydrogens (tertiary/aromatic N) is 1. The van der Waals surface area contributed by atoms with Crippen LogP contribution in [0.1, 0.15) is 39.7 Å². The summed E-state index contributed by atoms with van der Waals surface area (Å²) in [5.74, 6) is -0.310. The third kappa shape index (κ3) is 5.25. The van der Waals surface area contributed by atoms with E-state index >= 15 is 0 Å². The van der Waals surface area contributed by atoms with Crippen LogP contribution in [0.2, 0.25) is 0 Å². The number of nitrogens with one attached hydrogen (secondary N) is 1. The molecule has 0 aliphatic rings. The van der Waals surface area contributed by atoms with Crippen molar-refractivity contribution in [3.63, 3.8) is 0 Å². The van der Waals surface area contributed by atoms with Gasteiger partial charge in [0.2, 0.25) is 5.91 Å². The number of amides is 1. The molecule has 0 unspecified atom stereocenters. The smallest absolute Gasteiger partial charge is 0.269 e. The first-order chi connectivity index (χ1) is 12.2. The molecule has 0 radical (unpaired) electrons. The van der Waals surface area contributed by atoms with Crippen molar-refractivity contribution in [2.24, 2.45) is 5.41 Å². The third-order valence-corrected chi connectivity index (χ3v) is 5.41. The molecule has 0 bridgehead atoms. The minimum atomic E-state index is -0.549. The maximum atomic E-state index is 12.8. The highest BCUT2D eigenvalue weighted by atomic mass is 32.1. The summed E-state index contributed by atoms with van der Waals surface area (Å²) in [5, 5.41) is 6.65. The Morgan fingerprint density at radius 2 is 2.04 bits per heavy atom. The van der Waals surface area contributed by atoms with Crippen LogP contribution in [0.15, 0.2) is 21.6 Å². The first kappa shape index (κ1) is 20.3. The fraction of sp³-hybridized carbons (Fsp3) is 0.421. The molecule has 0 fully saturated rings. The fourth-order valence-electron chi connectivity index (χ4n) is 2.09. The number of aromatic nitrogens is 1. The lowest BCUT2D eigenvalue weighted by atomic mass is 9.91. The zero-order chi connectivity index (χ0) is 19.3. The topological polar surface area (TPSA) is 68.2 Å². The summed E-state index contributed by atoms with van der Waals surface area (Å²) < 4.78 is 2.40. The normalized spacial score (nSPS) is 13.2. The number of Topliss-reactive ketones (excluding diaryl/α,β-unsaturated/α-hetero) is 1. The molecule has 1 N–H and O–H groups in total. The molecule has 2 heterocycles. The quantitative estimate of drug-likeness (QED) is 0.814. The number of hydrogen-bond donors (Lipinski definition) is 1. The number of thiophene rings is 1. The molecule has 0 spiro atoms. The molecular weight excluding hydrogens is 368 g/mol. The minimum Gasteiger partial charge on any atom is -0.355 e. The molecule has 2 aromatic rings. The van der Waals surface area contributed by atoms with E-state index in [2.05, 4.69) is 5.32 Å². The van der Waals surface area contributed by atoms with Gasteiger partial charge in [-0.15, -0.1) is 11.3 Å². The van der Waals surface area contributed by atoms with Gasteiger partial charge < -0.3 is 5.32 Å². The first-order valence-corrected chi connectivity index (χ1v) is 10.2. The van der Waals surface area contributed by atoms with Crippen LogP contribution in [0, 0.1) is 5.41 Å². The Labute approximate surface area is 160 Å². The van der Waals surface area contributed by atoms with Crippen LogP contribution in [0.25, 0.3) is 12.2 Å². The van der Waals surface area contributed by atoms with Gasteiger partial charge in [0.15, 0.2) is 5.78 Å². The van der Waals surface area contributed by atoms with E-state index in [1.54, 1.807) is 17.4 Å². The summed E-state index contributed by atoms with van der Waals surface area (Å²) in [4.78, 5) is 37.3. The van der Waals surface area contributed by atoms with Gasteiger partial charge in [0.25, 0.3) is 5.56 Å². The van der Waals surface area contributed by atoms with Crippen LogP contribution >= 0.6 is 22.7 Å². The molecule has 0 saturated carbocycles. The van der Waals surface area contributed by atoms with Gasteiger partial charge in [-0.1, -0.05) is 27.7 Å². The van der Waals surface area contributed by atoms with Gasteiger partial charge in [-0.25, -0.2) is 0 Å². The van der Waals surface area contributed by atoms with E-state index < -0.39 is 5.41 Å². The van der Waals surface area contributed by atoms with Crippen molar-refractivity contribution in [1.82, 2.24) is 9.88 Å². The van der Waals surface area contributed by atoms with Gasteiger partial charge in [-0.2, -0.15) is 11.3 Å². The van der Waals surface area contributed by atoms with Crippen molar-refractivity contribution in [2.75, 3.05) is 6.54 Å². The Morgan fingerprint density at radius 3 is 2.62 bits per heavy atom. The maximum Gasteiger partial charge on any atom is 0.269 e. The van der Waals surface area contributed by atoms with Crippen molar-refractivity contribution in [3.8, 4) is 0 Å². The van der Waals surface area contributed by atoms with Gasteiger partial charge in [0, 0.05) is 18.0 Å². The van der Waals surface area contributed by atoms with Crippen LogP contribution in [-0.4, -0.2) is 22.8 Å². The minimum absolute atomic E-state index is 0.0800. The molecular formula is C19H24N2O3S2. The first-order valence-electron chi connectivity index (χ1n) is 8.49. The third-order valence-electron chi connectivity index (χ3n) is 3.65. The molecule has 0 aromatic carbocycles. The average molecular weight is 393 g/mol. The number of rotatable bonds is 6. The van der Waals surface area contributed by atoms with Gasteiger partial charge in [-0.05, 0) is 34.9 Å². The summed E-state index contributed by atoms with van der Waals surface area (Å²) in [6, 6.07) is 1.92. The SMILES string of the molecule is CCCNC(=O)Cn1c(=O)/c(=C\c2ccsc2)s/c1=C\C(=O)C(C)(C)C. The number of thiazole rings is 1. The number of ketones is 1. The van der Waals surface area contributed by atoms with Gasteiger partial charge in [-0.3, -0.25) is 19.0 Å². The van der Waals surface area contributed by atoms with E-state index in [4.69, 9.17) is 0 Å². The standard InChI is InChI=1S/C19H24N2O3S2/c1-5-7-20-16(23)11-21-17(10-15(22)19(2,3)4)26-14(18(21)24)9-13-6-8-25-12-13/h6,8-10,12H,5,7,11H2,1-4H3,(H,20,23)/b14-9+,17-10-. The molecule has 0 aliphatic carbocycles. The largest absolute Gasteiger partial charge is 0.355 e. The van der Waals surface area contributed by atoms with E-state index in [0.29, 0.717) is 15.7 Å². The molecule has 7 heteroatoms. The fourth-order valence-corrected chi connectivity index (χ4v) is 3.75. The summed E-state index contributed by atoms with van der Waals surface area (Å²) in [5.41, 5.74) is 0.137. The Hall–Kier alpha value is -1.99. The zero-order valence-electron chi connectivity index (χ0n) is 15.5. The second-order valence-electron chi connectivity index (χ2n) is 7.01. The molecule has 140 valence electrons. The maximum absolute atomic E-state index is 12.8. The average Bonchev–Trinajstić information content (AvgIpc) is 3.16. The molecule has 1 amide bonds. The number of hydrogen-bond acceptors (Lipinski definition) is 5. The molecule has 5 nitrogen and oxygen atoms in total. The van der Waals surface area contributed by atoms with E-state index in [9.17, 15) is 14.4 Å². The summed E-state index contributed by atoms with van der Waals surface area (Å²) >= 11 is 2.79. The Bertz CT molecular complexity index is 945. The molecule has 2 aromatic heterocycles. The van der Waals surface area contributed by atoms with Crippen LogP contribution in [0.4, 0.5) is 0 Å². The van der Waals surface area contributed by atoms with Crippen LogP contribution in [0.5, 0.6) is 0 Å². The lowest BCUT2D eigenvalue weighted by Gasteiger charge is -2.12.